The van der Waals surface area contributed by atoms with Crippen LogP contribution in [0.15, 0.2) is 146 Å². The molecule has 0 spiro atoms. The highest BCUT2D eigenvalue weighted by Gasteiger charge is 2.04. The number of rotatable bonds is 12. The predicted molar refractivity (Wildman–Crippen MR) is 231 cm³/mol. The van der Waals surface area contributed by atoms with E-state index >= 15 is 0 Å². The summed E-state index contributed by atoms with van der Waals surface area (Å²) in [5, 5.41) is 3.74. The fourth-order valence-corrected chi connectivity index (χ4v) is 7.18. The standard InChI is InChI=1S/3C15H16OSi.H3O3P/c3*1-12-7-6-8-14(13(12)2)11-16-17-15-9-4-3-5-10-15;1-4(2)3/h3*3-10H,11H2,1-2H3;1-3H. The maximum absolute atomic E-state index is 7.23. The molecule has 0 aliphatic heterocycles. The fourth-order valence-electron chi connectivity index (χ4n) is 5.01. The first-order valence-corrected chi connectivity index (χ1v) is 21.8. The predicted octanol–water partition coefficient (Wildman–Crippen LogP) is 7.48. The highest BCUT2D eigenvalue weighted by molar-refractivity contribution is 7.38. The second kappa shape index (κ2) is 26.1. The van der Waals surface area contributed by atoms with Gasteiger partial charge in [0.05, 0.1) is 19.8 Å². The third kappa shape index (κ3) is 18.1. The van der Waals surface area contributed by atoms with Crippen LogP contribution in [0.3, 0.4) is 0 Å². The Kier molecular flexibility index (Phi) is 21.6. The van der Waals surface area contributed by atoms with E-state index in [0.29, 0.717) is 49.1 Å². The molecule has 0 unspecified atom stereocenters. The van der Waals surface area contributed by atoms with Gasteiger partial charge in [-0.05, 0) is 107 Å². The molecule has 0 fully saturated rings. The summed E-state index contributed by atoms with van der Waals surface area (Å²) in [6.45, 7) is 15.0. The Hall–Kier alpha value is -3.84. The van der Waals surface area contributed by atoms with Crippen LogP contribution in [0.1, 0.15) is 50.1 Å². The largest absolute Gasteiger partial charge is 0.407 e. The Morgan fingerprint density at radius 3 is 0.836 bits per heavy atom. The Labute approximate surface area is 337 Å². The average Bonchev–Trinajstić information content (AvgIpc) is 3.18. The maximum atomic E-state index is 7.23. The van der Waals surface area contributed by atoms with Gasteiger partial charge in [-0.1, -0.05) is 146 Å². The zero-order valence-corrected chi connectivity index (χ0v) is 36.4. The first-order chi connectivity index (χ1) is 26.5. The van der Waals surface area contributed by atoms with Gasteiger partial charge in [0.2, 0.25) is 0 Å². The molecule has 0 aliphatic carbocycles. The highest BCUT2D eigenvalue weighted by atomic mass is 31.2. The smallest absolute Gasteiger partial charge is 0.324 e. The zero-order chi connectivity index (χ0) is 39.8. The second-order valence-corrected chi connectivity index (χ2v) is 16.4. The molecule has 0 amide bonds. The van der Waals surface area contributed by atoms with Gasteiger partial charge in [0.25, 0.3) is 29.3 Å². The molecule has 0 atom stereocenters. The summed E-state index contributed by atoms with van der Waals surface area (Å²) < 4.78 is 17.3. The van der Waals surface area contributed by atoms with Gasteiger partial charge in [0, 0.05) is 0 Å². The minimum atomic E-state index is -2.62. The van der Waals surface area contributed by atoms with E-state index in [1.54, 1.807) is 0 Å². The third-order valence-electron chi connectivity index (χ3n) is 8.72. The summed E-state index contributed by atoms with van der Waals surface area (Å²) in [6.07, 6.45) is 0. The van der Waals surface area contributed by atoms with Crippen LogP contribution >= 0.6 is 8.60 Å². The summed E-state index contributed by atoms with van der Waals surface area (Å²) >= 11 is 0. The molecule has 0 aromatic heterocycles. The summed E-state index contributed by atoms with van der Waals surface area (Å²) in [7, 11) is -1.35. The first kappa shape index (κ1) is 45.5. The number of benzene rings is 6. The van der Waals surface area contributed by atoms with E-state index in [2.05, 4.69) is 133 Å². The first-order valence-electron chi connectivity index (χ1n) is 17.9. The fraction of sp³-hybridized carbons (Fsp3) is 0.200. The van der Waals surface area contributed by atoms with Crippen molar-refractivity contribution in [1.82, 2.24) is 0 Å². The van der Waals surface area contributed by atoms with Crippen molar-refractivity contribution < 1.29 is 28.0 Å². The van der Waals surface area contributed by atoms with Crippen LogP contribution in [-0.4, -0.2) is 44.0 Å². The van der Waals surface area contributed by atoms with Crippen LogP contribution in [-0.2, 0) is 33.1 Å². The van der Waals surface area contributed by atoms with E-state index in [4.69, 9.17) is 28.0 Å². The van der Waals surface area contributed by atoms with E-state index in [1.807, 2.05) is 54.6 Å². The molecule has 0 saturated carbocycles. The van der Waals surface area contributed by atoms with Gasteiger partial charge in [-0.3, -0.25) is 0 Å². The molecule has 6 nitrogen and oxygen atoms in total. The minimum Gasteiger partial charge on any atom is -0.407 e. The molecular weight excluding hydrogens is 752 g/mol. The summed E-state index contributed by atoms with van der Waals surface area (Å²) in [5.74, 6) is 0. The van der Waals surface area contributed by atoms with Crippen molar-refractivity contribution in [2.75, 3.05) is 0 Å². The third-order valence-corrected chi connectivity index (χ3v) is 11.3. The minimum absolute atomic E-state index is 0.423. The Morgan fingerprint density at radius 2 is 0.600 bits per heavy atom. The van der Waals surface area contributed by atoms with Gasteiger partial charge >= 0.3 is 8.60 Å². The number of aryl methyl sites for hydroxylation is 3. The van der Waals surface area contributed by atoms with Crippen LogP contribution in [0, 0.1) is 41.5 Å². The molecule has 6 rings (SSSR count). The molecule has 0 heterocycles. The molecule has 55 heavy (non-hydrogen) atoms. The maximum Gasteiger partial charge on any atom is 0.324 e. The molecule has 6 aromatic carbocycles. The quantitative estimate of drug-likeness (QED) is 0.0879. The van der Waals surface area contributed by atoms with Crippen LogP contribution in [0.5, 0.6) is 0 Å². The lowest BCUT2D eigenvalue weighted by molar-refractivity contribution is 0.329. The van der Waals surface area contributed by atoms with E-state index in [-0.39, 0.29) is 0 Å². The van der Waals surface area contributed by atoms with Crippen LogP contribution in [0.25, 0.3) is 0 Å². The molecule has 6 aromatic rings. The normalized spacial score (nSPS) is 10.4. The van der Waals surface area contributed by atoms with Gasteiger partial charge < -0.3 is 28.0 Å². The molecule has 0 saturated heterocycles. The van der Waals surface area contributed by atoms with Crippen LogP contribution in [0.4, 0.5) is 0 Å². The van der Waals surface area contributed by atoms with Crippen molar-refractivity contribution >= 4 is 53.5 Å². The lowest BCUT2D eigenvalue weighted by atomic mass is 10.0. The second-order valence-electron chi connectivity index (χ2n) is 12.6. The lowest BCUT2D eigenvalue weighted by Gasteiger charge is -2.08. The van der Waals surface area contributed by atoms with Crippen molar-refractivity contribution in [1.29, 1.82) is 0 Å². The SMILES string of the molecule is Cc1cccc(CO[Si]c2ccccc2)c1C.Cc1cccc(CO[Si]c2ccccc2)c1C.Cc1cccc(CO[Si]c2ccccc2)c1C.OP(O)O. The Morgan fingerprint density at radius 1 is 0.364 bits per heavy atom. The molecular formula is C45H51O6PSi3. The lowest BCUT2D eigenvalue weighted by Crippen LogP contribution is -2.16. The van der Waals surface area contributed by atoms with Gasteiger partial charge in [-0.15, -0.1) is 0 Å². The number of hydrogen-bond acceptors (Lipinski definition) is 6. The molecule has 0 aliphatic rings. The van der Waals surface area contributed by atoms with Crippen LogP contribution < -0.4 is 15.6 Å². The van der Waals surface area contributed by atoms with Crippen molar-refractivity contribution in [3.8, 4) is 0 Å². The average molecular weight is 803 g/mol. The van der Waals surface area contributed by atoms with Crippen molar-refractivity contribution in [2.24, 2.45) is 0 Å². The van der Waals surface area contributed by atoms with Crippen molar-refractivity contribution in [2.45, 2.75) is 61.4 Å². The zero-order valence-electron chi connectivity index (χ0n) is 32.5. The highest BCUT2D eigenvalue weighted by Crippen LogP contribution is 2.15. The van der Waals surface area contributed by atoms with E-state index in [9.17, 15) is 0 Å². The van der Waals surface area contributed by atoms with Gasteiger partial charge in [-0.25, -0.2) is 0 Å². The van der Waals surface area contributed by atoms with Gasteiger partial charge in [0.15, 0.2) is 0 Å². The van der Waals surface area contributed by atoms with Crippen molar-refractivity contribution in [3.05, 3.63) is 196 Å². The summed E-state index contributed by atoms with van der Waals surface area (Å²) in [4.78, 5) is 21.7. The van der Waals surface area contributed by atoms with Gasteiger partial charge in [-0.2, -0.15) is 0 Å². The summed E-state index contributed by atoms with van der Waals surface area (Å²) in [6, 6.07) is 50.0. The molecule has 10 heteroatoms. The molecule has 6 radical (unpaired) electrons. The van der Waals surface area contributed by atoms with E-state index in [0.717, 1.165) is 0 Å². The molecule has 3 N–H and O–H groups in total. The topological polar surface area (TPSA) is 88.4 Å². The Balaban J connectivity index is 0.000000211. The van der Waals surface area contributed by atoms with E-state index < -0.39 is 8.60 Å². The molecule has 0 bridgehead atoms. The Bertz CT molecular complexity index is 1720. The van der Waals surface area contributed by atoms with Crippen molar-refractivity contribution in [3.63, 3.8) is 0 Å². The van der Waals surface area contributed by atoms with E-state index in [1.165, 1.54) is 65.6 Å². The molecule has 284 valence electrons. The summed E-state index contributed by atoms with van der Waals surface area (Å²) in [5.41, 5.74) is 11.9. The number of hydrogen-bond donors (Lipinski definition) is 3. The van der Waals surface area contributed by atoms with Gasteiger partial charge in [0.1, 0.15) is 0 Å². The monoisotopic (exact) mass is 802 g/mol. The van der Waals surface area contributed by atoms with Crippen LogP contribution in [0.2, 0.25) is 0 Å².